The highest BCUT2D eigenvalue weighted by Gasteiger charge is 2.25. The Bertz CT molecular complexity index is 694. The number of hydrogen-bond acceptors (Lipinski definition) is 6. The van der Waals surface area contributed by atoms with Gasteiger partial charge in [-0.3, -0.25) is 4.68 Å². The van der Waals surface area contributed by atoms with Crippen molar-refractivity contribution in [2.75, 3.05) is 30.4 Å². The fraction of sp³-hybridized carbons (Fsp3) is 0.588. The summed E-state index contributed by atoms with van der Waals surface area (Å²) in [6.45, 7) is 7.07. The second kappa shape index (κ2) is 7.17. The lowest BCUT2D eigenvalue weighted by Crippen LogP contribution is -2.38. The lowest BCUT2D eigenvalue weighted by molar-refractivity contribution is 0.569. The summed E-state index contributed by atoms with van der Waals surface area (Å²) < 4.78 is 1.95. The molecular formula is C17H27N7. The van der Waals surface area contributed by atoms with Crippen LogP contribution in [0.25, 0.3) is 0 Å². The zero-order valence-corrected chi connectivity index (χ0v) is 15.0. The Hall–Kier alpha value is -2.15. The van der Waals surface area contributed by atoms with Crippen LogP contribution in [0.15, 0.2) is 12.4 Å². The van der Waals surface area contributed by atoms with Crippen molar-refractivity contribution < 1.29 is 0 Å². The summed E-state index contributed by atoms with van der Waals surface area (Å²) in [4.78, 5) is 11.0. The van der Waals surface area contributed by atoms with Gasteiger partial charge < -0.3 is 15.5 Å². The molecule has 0 amide bonds. The van der Waals surface area contributed by atoms with E-state index in [1.807, 2.05) is 24.8 Å². The molecule has 0 bridgehead atoms. The zero-order valence-electron chi connectivity index (χ0n) is 15.0. The van der Waals surface area contributed by atoms with E-state index < -0.39 is 0 Å². The third-order valence-electron chi connectivity index (χ3n) is 4.92. The topological polar surface area (TPSA) is 70.9 Å². The van der Waals surface area contributed by atoms with E-state index in [4.69, 9.17) is 0 Å². The van der Waals surface area contributed by atoms with Crippen LogP contribution >= 0.6 is 0 Å². The third kappa shape index (κ3) is 3.36. The summed E-state index contributed by atoms with van der Waals surface area (Å²) in [5, 5.41) is 11.2. The summed E-state index contributed by atoms with van der Waals surface area (Å²) in [5.74, 6) is 1.87. The molecule has 0 unspecified atom stereocenters. The second-order valence-corrected chi connectivity index (χ2v) is 6.40. The SMILES string of the molecule is CNc1cc(N2CCC[C@@H]2CNCc2c(C)nn(C)c2C)ncn1. The van der Waals surface area contributed by atoms with E-state index in [1.165, 1.54) is 24.1 Å². The largest absolute Gasteiger partial charge is 0.373 e. The average Bonchev–Trinajstić information content (AvgIpc) is 3.15. The molecule has 0 saturated carbocycles. The molecule has 1 aliphatic rings. The number of hydrogen-bond donors (Lipinski definition) is 2. The molecule has 3 rings (SSSR count). The Morgan fingerprint density at radius 1 is 1.29 bits per heavy atom. The first-order valence-corrected chi connectivity index (χ1v) is 8.56. The Kier molecular flexibility index (Phi) is 4.99. The van der Waals surface area contributed by atoms with E-state index in [0.29, 0.717) is 6.04 Å². The van der Waals surface area contributed by atoms with Gasteiger partial charge in [0.25, 0.3) is 0 Å². The summed E-state index contributed by atoms with van der Waals surface area (Å²) in [7, 11) is 3.88. The highest BCUT2D eigenvalue weighted by atomic mass is 15.3. The van der Waals surface area contributed by atoms with Gasteiger partial charge in [-0.25, -0.2) is 9.97 Å². The highest BCUT2D eigenvalue weighted by Crippen LogP contribution is 2.24. The Morgan fingerprint density at radius 3 is 2.83 bits per heavy atom. The van der Waals surface area contributed by atoms with Gasteiger partial charge in [-0.1, -0.05) is 0 Å². The Balaban J connectivity index is 1.62. The minimum Gasteiger partial charge on any atom is -0.373 e. The molecule has 0 radical (unpaired) electrons. The maximum Gasteiger partial charge on any atom is 0.134 e. The molecule has 1 atom stereocenters. The molecule has 0 spiro atoms. The third-order valence-corrected chi connectivity index (χ3v) is 4.92. The summed E-state index contributed by atoms with van der Waals surface area (Å²) in [5.41, 5.74) is 3.65. The predicted octanol–water partition coefficient (Wildman–Crippen LogP) is 1.63. The minimum absolute atomic E-state index is 0.474. The van der Waals surface area contributed by atoms with Gasteiger partial charge >= 0.3 is 0 Å². The standard InChI is InChI=1S/C17H27N7/c1-12-15(13(2)23(4)22-12)10-19-9-14-6-5-7-24(14)17-8-16(18-3)20-11-21-17/h8,11,14,19H,5-7,9-10H2,1-4H3,(H,18,20,21)/t14-/m1/s1. The summed E-state index contributed by atoms with van der Waals surface area (Å²) >= 11 is 0. The van der Waals surface area contributed by atoms with Gasteiger partial charge in [0, 0.05) is 57.1 Å². The molecule has 0 aliphatic carbocycles. The van der Waals surface area contributed by atoms with E-state index >= 15 is 0 Å². The Labute approximate surface area is 143 Å². The molecule has 7 heteroatoms. The van der Waals surface area contributed by atoms with Crippen molar-refractivity contribution in [2.45, 2.75) is 39.3 Å². The fourth-order valence-electron chi connectivity index (χ4n) is 3.43. The van der Waals surface area contributed by atoms with Crippen molar-refractivity contribution in [1.82, 2.24) is 25.1 Å². The van der Waals surface area contributed by atoms with Crippen molar-refractivity contribution in [3.8, 4) is 0 Å². The minimum atomic E-state index is 0.474. The zero-order chi connectivity index (χ0) is 17.1. The maximum absolute atomic E-state index is 4.49. The lowest BCUT2D eigenvalue weighted by atomic mass is 10.1. The molecule has 7 nitrogen and oxygen atoms in total. The molecule has 130 valence electrons. The van der Waals surface area contributed by atoms with Gasteiger partial charge in [-0.05, 0) is 26.7 Å². The van der Waals surface area contributed by atoms with Crippen molar-refractivity contribution in [3.63, 3.8) is 0 Å². The molecule has 24 heavy (non-hydrogen) atoms. The van der Waals surface area contributed by atoms with Gasteiger partial charge in [0.05, 0.1) is 5.69 Å². The first-order chi connectivity index (χ1) is 11.6. The average molecular weight is 329 g/mol. The lowest BCUT2D eigenvalue weighted by Gasteiger charge is -2.26. The van der Waals surface area contributed by atoms with Crippen LogP contribution in [0.4, 0.5) is 11.6 Å². The molecular weight excluding hydrogens is 302 g/mol. The van der Waals surface area contributed by atoms with Crippen LogP contribution < -0.4 is 15.5 Å². The van der Waals surface area contributed by atoms with Crippen molar-refractivity contribution in [1.29, 1.82) is 0 Å². The van der Waals surface area contributed by atoms with Crippen LogP contribution in [-0.2, 0) is 13.6 Å². The van der Waals surface area contributed by atoms with Gasteiger partial charge in [-0.15, -0.1) is 0 Å². The number of nitrogens with zero attached hydrogens (tertiary/aromatic N) is 5. The van der Waals surface area contributed by atoms with Crippen LogP contribution in [-0.4, -0.2) is 45.9 Å². The quantitative estimate of drug-likeness (QED) is 0.839. The molecule has 2 N–H and O–H groups in total. The van der Waals surface area contributed by atoms with E-state index in [0.717, 1.165) is 37.0 Å². The van der Waals surface area contributed by atoms with Crippen molar-refractivity contribution >= 4 is 11.6 Å². The fourth-order valence-corrected chi connectivity index (χ4v) is 3.43. The molecule has 1 fully saturated rings. The molecule has 1 saturated heterocycles. The predicted molar refractivity (Wildman–Crippen MR) is 96.3 cm³/mol. The maximum atomic E-state index is 4.49. The van der Waals surface area contributed by atoms with Gasteiger partial charge in [-0.2, -0.15) is 5.10 Å². The van der Waals surface area contributed by atoms with Crippen LogP contribution in [0.5, 0.6) is 0 Å². The monoisotopic (exact) mass is 329 g/mol. The molecule has 2 aromatic heterocycles. The summed E-state index contributed by atoms with van der Waals surface area (Å²) in [6, 6.07) is 2.50. The van der Waals surface area contributed by atoms with Crippen LogP contribution in [0.1, 0.15) is 29.8 Å². The van der Waals surface area contributed by atoms with E-state index in [1.54, 1.807) is 6.33 Å². The first-order valence-electron chi connectivity index (χ1n) is 8.56. The van der Waals surface area contributed by atoms with E-state index in [9.17, 15) is 0 Å². The first kappa shape index (κ1) is 16.7. The van der Waals surface area contributed by atoms with Gasteiger partial charge in [0.15, 0.2) is 0 Å². The van der Waals surface area contributed by atoms with Crippen LogP contribution in [0.2, 0.25) is 0 Å². The van der Waals surface area contributed by atoms with E-state index in [2.05, 4.69) is 44.4 Å². The normalized spacial score (nSPS) is 17.5. The van der Waals surface area contributed by atoms with Crippen LogP contribution in [0, 0.1) is 13.8 Å². The van der Waals surface area contributed by atoms with Crippen molar-refractivity contribution in [2.24, 2.45) is 7.05 Å². The van der Waals surface area contributed by atoms with E-state index in [-0.39, 0.29) is 0 Å². The highest BCUT2D eigenvalue weighted by molar-refractivity contribution is 5.49. The van der Waals surface area contributed by atoms with Crippen molar-refractivity contribution in [3.05, 3.63) is 29.3 Å². The summed E-state index contributed by atoms with van der Waals surface area (Å²) in [6.07, 6.45) is 4.03. The number of aromatic nitrogens is 4. The number of rotatable bonds is 6. The van der Waals surface area contributed by atoms with Gasteiger partial charge in [0.2, 0.25) is 0 Å². The number of aryl methyl sites for hydroxylation is 2. The number of nitrogens with one attached hydrogen (secondary N) is 2. The molecule has 0 aromatic carbocycles. The molecule has 3 heterocycles. The Morgan fingerprint density at radius 2 is 2.12 bits per heavy atom. The second-order valence-electron chi connectivity index (χ2n) is 6.40. The molecule has 2 aromatic rings. The van der Waals surface area contributed by atoms with Crippen LogP contribution in [0.3, 0.4) is 0 Å². The number of anilines is 2. The van der Waals surface area contributed by atoms with Gasteiger partial charge in [0.1, 0.15) is 18.0 Å². The smallest absolute Gasteiger partial charge is 0.134 e. The molecule has 1 aliphatic heterocycles.